The molecule has 1 aromatic carbocycles. The molecule has 0 aliphatic heterocycles. The smallest absolute Gasteiger partial charge is 0.307 e. The number of aromatic nitrogens is 1. The van der Waals surface area contributed by atoms with Crippen LogP contribution >= 0.6 is 11.3 Å². The number of carbonyl (C=O) groups is 1. The van der Waals surface area contributed by atoms with Gasteiger partial charge in [-0.05, 0) is 19.1 Å². The Morgan fingerprint density at radius 2 is 2.09 bits per heavy atom. The van der Waals surface area contributed by atoms with Crippen LogP contribution in [0.2, 0.25) is 0 Å². The molecule has 0 saturated heterocycles. The van der Waals surface area contributed by atoms with E-state index in [1.807, 2.05) is 6.92 Å². The molecule has 2 rings (SSSR count). The molecule has 0 aliphatic rings. The number of nitrogens with one attached hydrogen (secondary N) is 1. The Kier molecular flexibility index (Phi) is 5.21. The quantitative estimate of drug-likeness (QED) is 0.886. The van der Waals surface area contributed by atoms with E-state index in [-0.39, 0.29) is 17.2 Å². The number of carbonyl (C=O) groups excluding carboxylic acids is 1. The van der Waals surface area contributed by atoms with Gasteiger partial charge < -0.3 is 19.4 Å². The molecule has 0 aliphatic carbocycles. The van der Waals surface area contributed by atoms with Crippen LogP contribution in [0.4, 0.5) is 5.69 Å². The molecule has 0 bridgehead atoms. The van der Waals surface area contributed by atoms with Crippen LogP contribution < -0.4 is 19.7 Å². The standard InChI is InChI=1S/C15H18N2O4S/c1-10-9-22-15(19)17(10)7-6-14(18)16-12-8-11(20-2)4-5-13(12)21-3/h4-5,8-9H,6-7H2,1-3H3,(H,16,18). The molecule has 0 fully saturated rings. The predicted octanol–water partition coefficient (Wildman–Crippen LogP) is 2.26. The second-order valence-electron chi connectivity index (χ2n) is 4.66. The molecule has 0 radical (unpaired) electrons. The first kappa shape index (κ1) is 16.1. The molecule has 1 aromatic heterocycles. The SMILES string of the molecule is COc1ccc(OC)c(NC(=O)CCn2c(C)csc2=O)c1. The van der Waals surface area contributed by atoms with Crippen molar-refractivity contribution in [3.05, 3.63) is 38.9 Å². The lowest BCUT2D eigenvalue weighted by Crippen LogP contribution is -2.20. The molecule has 1 heterocycles. The number of rotatable bonds is 6. The van der Waals surface area contributed by atoms with Crippen LogP contribution in [0.15, 0.2) is 28.4 Å². The molecular formula is C15H18N2O4S. The maximum absolute atomic E-state index is 12.1. The van der Waals surface area contributed by atoms with Gasteiger partial charge in [-0.2, -0.15) is 0 Å². The summed E-state index contributed by atoms with van der Waals surface area (Å²) in [6.07, 6.45) is 0.206. The molecule has 118 valence electrons. The molecule has 0 saturated carbocycles. The summed E-state index contributed by atoms with van der Waals surface area (Å²) in [5.74, 6) is 0.989. The van der Waals surface area contributed by atoms with Gasteiger partial charge >= 0.3 is 4.87 Å². The van der Waals surface area contributed by atoms with E-state index < -0.39 is 0 Å². The molecule has 2 aromatic rings. The third-order valence-electron chi connectivity index (χ3n) is 3.22. The van der Waals surface area contributed by atoms with E-state index in [9.17, 15) is 9.59 Å². The van der Waals surface area contributed by atoms with Crippen molar-refractivity contribution in [1.82, 2.24) is 4.57 Å². The van der Waals surface area contributed by atoms with Gasteiger partial charge in [0, 0.05) is 30.1 Å². The number of ether oxygens (including phenoxy) is 2. The van der Waals surface area contributed by atoms with E-state index >= 15 is 0 Å². The van der Waals surface area contributed by atoms with Crippen LogP contribution in [-0.4, -0.2) is 24.7 Å². The summed E-state index contributed by atoms with van der Waals surface area (Å²) in [5.41, 5.74) is 1.41. The van der Waals surface area contributed by atoms with E-state index in [2.05, 4.69) is 5.32 Å². The van der Waals surface area contributed by atoms with Crippen molar-refractivity contribution >= 4 is 22.9 Å². The first-order valence-electron chi connectivity index (χ1n) is 6.72. The molecular weight excluding hydrogens is 304 g/mol. The monoisotopic (exact) mass is 322 g/mol. The zero-order chi connectivity index (χ0) is 16.1. The Labute approximate surface area is 132 Å². The van der Waals surface area contributed by atoms with Crippen molar-refractivity contribution in [2.75, 3.05) is 19.5 Å². The minimum Gasteiger partial charge on any atom is -0.497 e. The second kappa shape index (κ2) is 7.13. The van der Waals surface area contributed by atoms with Gasteiger partial charge in [0.1, 0.15) is 11.5 Å². The number of benzene rings is 1. The summed E-state index contributed by atoms with van der Waals surface area (Å²) in [6.45, 7) is 2.20. The largest absolute Gasteiger partial charge is 0.497 e. The lowest BCUT2D eigenvalue weighted by molar-refractivity contribution is -0.116. The topological polar surface area (TPSA) is 69.6 Å². The van der Waals surface area contributed by atoms with E-state index in [0.717, 1.165) is 17.0 Å². The fourth-order valence-corrected chi connectivity index (χ4v) is 2.77. The number of thiazole rings is 1. The van der Waals surface area contributed by atoms with E-state index in [1.165, 1.54) is 7.11 Å². The zero-order valence-electron chi connectivity index (χ0n) is 12.7. The van der Waals surface area contributed by atoms with Crippen molar-refractivity contribution in [3.8, 4) is 11.5 Å². The maximum atomic E-state index is 12.1. The Morgan fingerprint density at radius 1 is 1.32 bits per heavy atom. The molecule has 0 spiro atoms. The Balaban J connectivity index is 2.04. The Bertz CT molecular complexity index is 721. The molecule has 6 nitrogen and oxygen atoms in total. The molecule has 22 heavy (non-hydrogen) atoms. The number of hydrogen-bond acceptors (Lipinski definition) is 5. The highest BCUT2D eigenvalue weighted by Gasteiger charge is 2.10. The summed E-state index contributed by atoms with van der Waals surface area (Å²) < 4.78 is 11.9. The van der Waals surface area contributed by atoms with Gasteiger partial charge in [0.2, 0.25) is 5.91 Å². The van der Waals surface area contributed by atoms with Gasteiger partial charge in [-0.15, -0.1) is 0 Å². The van der Waals surface area contributed by atoms with Crippen molar-refractivity contribution in [1.29, 1.82) is 0 Å². The Hall–Kier alpha value is -2.28. The minimum absolute atomic E-state index is 0.0516. The number of hydrogen-bond donors (Lipinski definition) is 1. The van der Waals surface area contributed by atoms with Crippen LogP contribution in [0, 0.1) is 6.92 Å². The van der Waals surface area contributed by atoms with Gasteiger partial charge in [-0.25, -0.2) is 0 Å². The first-order valence-corrected chi connectivity index (χ1v) is 7.60. The minimum atomic E-state index is -0.191. The Morgan fingerprint density at radius 3 is 2.68 bits per heavy atom. The summed E-state index contributed by atoms with van der Waals surface area (Å²) in [7, 11) is 3.09. The number of anilines is 1. The van der Waals surface area contributed by atoms with Gasteiger partial charge in [0.15, 0.2) is 0 Å². The fourth-order valence-electron chi connectivity index (χ4n) is 2.01. The lowest BCUT2D eigenvalue weighted by Gasteiger charge is -2.12. The van der Waals surface area contributed by atoms with Crippen molar-refractivity contribution in [2.45, 2.75) is 19.9 Å². The number of amides is 1. The molecule has 0 unspecified atom stereocenters. The highest BCUT2D eigenvalue weighted by atomic mass is 32.1. The summed E-state index contributed by atoms with van der Waals surface area (Å²) in [4.78, 5) is 23.6. The fraction of sp³-hybridized carbons (Fsp3) is 0.333. The number of aryl methyl sites for hydroxylation is 1. The van der Waals surface area contributed by atoms with Crippen LogP contribution in [0.1, 0.15) is 12.1 Å². The van der Waals surface area contributed by atoms with Gasteiger partial charge in [-0.3, -0.25) is 9.59 Å². The van der Waals surface area contributed by atoms with E-state index in [0.29, 0.717) is 23.7 Å². The molecule has 0 atom stereocenters. The maximum Gasteiger partial charge on any atom is 0.307 e. The number of nitrogens with zero attached hydrogens (tertiary/aromatic N) is 1. The van der Waals surface area contributed by atoms with Gasteiger partial charge in [-0.1, -0.05) is 11.3 Å². The van der Waals surface area contributed by atoms with Crippen LogP contribution in [0.3, 0.4) is 0 Å². The third-order valence-corrected chi connectivity index (χ3v) is 4.10. The van der Waals surface area contributed by atoms with Crippen LogP contribution in [0.25, 0.3) is 0 Å². The van der Waals surface area contributed by atoms with Gasteiger partial charge in [0.25, 0.3) is 0 Å². The van der Waals surface area contributed by atoms with Crippen LogP contribution in [0.5, 0.6) is 11.5 Å². The average molecular weight is 322 g/mol. The van der Waals surface area contributed by atoms with Gasteiger partial charge in [0.05, 0.1) is 19.9 Å². The van der Waals surface area contributed by atoms with Crippen molar-refractivity contribution < 1.29 is 14.3 Å². The summed E-state index contributed by atoms with van der Waals surface area (Å²) in [6, 6.07) is 5.17. The van der Waals surface area contributed by atoms with E-state index in [1.54, 1.807) is 35.3 Å². The average Bonchev–Trinajstić information content (AvgIpc) is 2.83. The predicted molar refractivity (Wildman–Crippen MR) is 86.1 cm³/mol. The summed E-state index contributed by atoms with van der Waals surface area (Å²) >= 11 is 1.14. The highest BCUT2D eigenvalue weighted by molar-refractivity contribution is 7.07. The lowest BCUT2D eigenvalue weighted by atomic mass is 10.2. The molecule has 1 amide bonds. The molecule has 7 heteroatoms. The van der Waals surface area contributed by atoms with Crippen molar-refractivity contribution in [3.63, 3.8) is 0 Å². The van der Waals surface area contributed by atoms with Crippen LogP contribution in [-0.2, 0) is 11.3 Å². The summed E-state index contributed by atoms with van der Waals surface area (Å²) in [5, 5.41) is 4.56. The first-order chi connectivity index (χ1) is 10.5. The van der Waals surface area contributed by atoms with Crippen molar-refractivity contribution in [2.24, 2.45) is 0 Å². The number of methoxy groups -OCH3 is 2. The third kappa shape index (κ3) is 3.67. The second-order valence-corrected chi connectivity index (χ2v) is 5.48. The normalized spacial score (nSPS) is 10.3. The van der Waals surface area contributed by atoms with E-state index in [4.69, 9.17) is 9.47 Å². The highest BCUT2D eigenvalue weighted by Crippen LogP contribution is 2.28. The zero-order valence-corrected chi connectivity index (χ0v) is 13.5. The molecule has 1 N–H and O–H groups in total.